The highest BCUT2D eigenvalue weighted by Gasteiger charge is 2.14. The quantitative estimate of drug-likeness (QED) is 0.833. The molecule has 0 aliphatic rings. The van der Waals surface area contributed by atoms with E-state index in [4.69, 9.17) is 0 Å². The van der Waals surface area contributed by atoms with E-state index in [9.17, 15) is 14.4 Å². The van der Waals surface area contributed by atoms with Crippen molar-refractivity contribution in [3.63, 3.8) is 0 Å². The summed E-state index contributed by atoms with van der Waals surface area (Å²) in [6.07, 6.45) is 1.32. The van der Waals surface area contributed by atoms with Gasteiger partial charge in [0.25, 0.3) is 5.91 Å². The summed E-state index contributed by atoms with van der Waals surface area (Å²) < 4.78 is 0. The summed E-state index contributed by atoms with van der Waals surface area (Å²) in [5.41, 5.74) is 0.631. The number of nitrogens with zero attached hydrogens (tertiary/aromatic N) is 1. The molecular weight excluding hydrogens is 266 g/mol. The lowest BCUT2D eigenvalue weighted by Gasteiger charge is -2.00. The van der Waals surface area contributed by atoms with Gasteiger partial charge < -0.3 is 4.98 Å². The fourth-order valence-corrected chi connectivity index (χ4v) is 2.35. The number of thiazole rings is 1. The smallest absolute Gasteiger partial charge is 0.258 e. The number of pyridine rings is 1. The maximum absolute atomic E-state index is 11.9. The van der Waals surface area contributed by atoms with Gasteiger partial charge in [-0.1, -0.05) is 11.3 Å². The Morgan fingerprint density at radius 2 is 2.11 bits per heavy atom. The fraction of sp³-hybridized carbons (Fsp3) is 0.167. The molecule has 0 aliphatic heterocycles. The number of carbonyl (C=O) groups is 2. The number of anilines is 1. The van der Waals surface area contributed by atoms with Crippen LogP contribution in [-0.4, -0.2) is 21.7 Å². The Kier molecular flexibility index (Phi) is 3.57. The molecule has 0 saturated carbocycles. The molecule has 0 aromatic carbocycles. The number of Topliss-reactive ketones (excluding diaryl/α,β-unsaturated/α-hetero) is 1. The summed E-state index contributed by atoms with van der Waals surface area (Å²) in [6, 6.07) is 2.68. The molecule has 7 heteroatoms. The molecule has 0 spiro atoms. The van der Waals surface area contributed by atoms with Gasteiger partial charge in [0.05, 0.1) is 16.1 Å². The second-order valence-electron chi connectivity index (χ2n) is 3.89. The standard InChI is InChI=1S/C12H11N3O3S/c1-6-10(7(2)16)19-12(14-6)15-11(18)8-3-4-9(17)13-5-8/h3-5H,1-2H3,(H,13,17)(H,14,15,18). The Hall–Kier alpha value is -2.28. The van der Waals surface area contributed by atoms with Crippen LogP contribution in [0.4, 0.5) is 5.13 Å². The second kappa shape index (κ2) is 5.15. The Labute approximate surface area is 112 Å². The minimum Gasteiger partial charge on any atom is -0.328 e. The fourth-order valence-electron chi connectivity index (χ4n) is 1.50. The zero-order chi connectivity index (χ0) is 14.0. The third-order valence-electron chi connectivity index (χ3n) is 2.38. The van der Waals surface area contributed by atoms with Gasteiger partial charge in [-0.2, -0.15) is 0 Å². The Morgan fingerprint density at radius 3 is 2.63 bits per heavy atom. The van der Waals surface area contributed by atoms with Crippen LogP contribution in [0, 0.1) is 6.92 Å². The van der Waals surface area contributed by atoms with Crippen molar-refractivity contribution in [1.29, 1.82) is 0 Å². The molecule has 6 nitrogen and oxygen atoms in total. The lowest BCUT2D eigenvalue weighted by atomic mass is 10.3. The van der Waals surface area contributed by atoms with Crippen LogP contribution < -0.4 is 10.9 Å². The van der Waals surface area contributed by atoms with Gasteiger partial charge in [0.2, 0.25) is 5.56 Å². The van der Waals surface area contributed by atoms with E-state index in [1.54, 1.807) is 6.92 Å². The third kappa shape index (κ3) is 2.94. The summed E-state index contributed by atoms with van der Waals surface area (Å²) in [4.78, 5) is 41.1. The molecule has 0 saturated heterocycles. The van der Waals surface area contributed by atoms with Crippen LogP contribution in [0.1, 0.15) is 32.6 Å². The van der Waals surface area contributed by atoms with E-state index < -0.39 is 0 Å². The van der Waals surface area contributed by atoms with E-state index in [0.717, 1.165) is 11.3 Å². The average molecular weight is 277 g/mol. The van der Waals surface area contributed by atoms with Gasteiger partial charge in [-0.05, 0) is 13.0 Å². The first kappa shape index (κ1) is 13.2. The maximum atomic E-state index is 11.9. The third-order valence-corrected chi connectivity index (χ3v) is 3.56. The first-order chi connectivity index (χ1) is 8.97. The summed E-state index contributed by atoms with van der Waals surface area (Å²) in [5, 5.41) is 2.95. The number of rotatable bonds is 3. The molecule has 2 aromatic heterocycles. The molecule has 2 aromatic rings. The molecule has 2 rings (SSSR count). The second-order valence-corrected chi connectivity index (χ2v) is 4.88. The van der Waals surface area contributed by atoms with Crippen molar-refractivity contribution in [3.05, 3.63) is 44.8 Å². The van der Waals surface area contributed by atoms with Crippen molar-refractivity contribution >= 4 is 28.2 Å². The topological polar surface area (TPSA) is 91.9 Å². The molecule has 0 bridgehead atoms. The lowest BCUT2D eigenvalue weighted by Crippen LogP contribution is -2.14. The maximum Gasteiger partial charge on any atom is 0.258 e. The Morgan fingerprint density at radius 1 is 1.37 bits per heavy atom. The first-order valence-electron chi connectivity index (χ1n) is 5.46. The van der Waals surface area contributed by atoms with E-state index in [0.29, 0.717) is 21.3 Å². The van der Waals surface area contributed by atoms with E-state index >= 15 is 0 Å². The van der Waals surface area contributed by atoms with Gasteiger partial charge >= 0.3 is 0 Å². The monoisotopic (exact) mass is 277 g/mol. The van der Waals surface area contributed by atoms with Crippen molar-refractivity contribution < 1.29 is 9.59 Å². The van der Waals surface area contributed by atoms with Crippen LogP contribution >= 0.6 is 11.3 Å². The number of aryl methyl sites for hydroxylation is 1. The van der Waals surface area contributed by atoms with Gasteiger partial charge in [0, 0.05) is 19.2 Å². The van der Waals surface area contributed by atoms with Crippen LogP contribution in [0.5, 0.6) is 0 Å². The summed E-state index contributed by atoms with van der Waals surface area (Å²) >= 11 is 1.13. The van der Waals surface area contributed by atoms with E-state index in [1.807, 2.05) is 0 Å². The number of aromatic amines is 1. The van der Waals surface area contributed by atoms with Crippen LogP contribution in [0.2, 0.25) is 0 Å². The van der Waals surface area contributed by atoms with Gasteiger partial charge in [0.15, 0.2) is 10.9 Å². The summed E-state index contributed by atoms with van der Waals surface area (Å²) in [5.74, 6) is -0.473. The highest BCUT2D eigenvalue weighted by molar-refractivity contribution is 7.17. The average Bonchev–Trinajstić information content (AvgIpc) is 2.71. The predicted octanol–water partition coefficient (Wildman–Crippen LogP) is 1.59. The van der Waals surface area contributed by atoms with Crippen molar-refractivity contribution in [2.45, 2.75) is 13.8 Å². The minimum absolute atomic E-state index is 0.0838. The zero-order valence-corrected chi connectivity index (χ0v) is 11.1. The number of carbonyl (C=O) groups excluding carboxylic acids is 2. The summed E-state index contributed by atoms with van der Waals surface area (Å²) in [6.45, 7) is 3.16. The Bertz CT molecular complexity index is 682. The van der Waals surface area contributed by atoms with E-state index in [1.165, 1.54) is 25.3 Å². The zero-order valence-electron chi connectivity index (χ0n) is 10.3. The molecule has 0 atom stereocenters. The number of hydrogen-bond donors (Lipinski definition) is 2. The van der Waals surface area contributed by atoms with Crippen LogP contribution in [0.15, 0.2) is 23.1 Å². The molecule has 0 unspecified atom stereocenters. The molecule has 0 radical (unpaired) electrons. The van der Waals surface area contributed by atoms with E-state index in [2.05, 4.69) is 15.3 Å². The number of hydrogen-bond acceptors (Lipinski definition) is 5. The SMILES string of the molecule is CC(=O)c1sc(NC(=O)c2ccc(=O)[nH]c2)nc1C. The molecule has 19 heavy (non-hydrogen) atoms. The largest absolute Gasteiger partial charge is 0.328 e. The number of H-pyrrole nitrogens is 1. The van der Waals surface area contributed by atoms with Crippen molar-refractivity contribution in [3.8, 4) is 0 Å². The lowest BCUT2D eigenvalue weighted by molar-refractivity contribution is 0.101. The minimum atomic E-state index is -0.389. The van der Waals surface area contributed by atoms with E-state index in [-0.39, 0.29) is 17.2 Å². The van der Waals surface area contributed by atoms with Crippen molar-refractivity contribution in [2.24, 2.45) is 0 Å². The predicted molar refractivity (Wildman–Crippen MR) is 71.9 cm³/mol. The number of ketones is 1. The van der Waals surface area contributed by atoms with Crippen LogP contribution in [0.25, 0.3) is 0 Å². The molecule has 0 aliphatic carbocycles. The molecule has 2 heterocycles. The van der Waals surface area contributed by atoms with Crippen molar-refractivity contribution in [1.82, 2.24) is 9.97 Å². The molecule has 2 N–H and O–H groups in total. The summed E-state index contributed by atoms with van der Waals surface area (Å²) in [7, 11) is 0. The Balaban J connectivity index is 2.19. The van der Waals surface area contributed by atoms with Crippen LogP contribution in [-0.2, 0) is 0 Å². The van der Waals surface area contributed by atoms with Gasteiger partial charge in [-0.25, -0.2) is 4.98 Å². The van der Waals surface area contributed by atoms with Crippen molar-refractivity contribution in [2.75, 3.05) is 5.32 Å². The van der Waals surface area contributed by atoms with Gasteiger partial charge in [-0.15, -0.1) is 0 Å². The molecule has 98 valence electrons. The number of amides is 1. The highest BCUT2D eigenvalue weighted by atomic mass is 32.1. The molecule has 1 amide bonds. The normalized spacial score (nSPS) is 10.2. The number of nitrogens with one attached hydrogen (secondary N) is 2. The van der Waals surface area contributed by atoms with Crippen LogP contribution in [0.3, 0.4) is 0 Å². The molecular formula is C12H11N3O3S. The highest BCUT2D eigenvalue weighted by Crippen LogP contribution is 2.23. The first-order valence-corrected chi connectivity index (χ1v) is 6.27. The molecule has 0 fully saturated rings. The van der Waals surface area contributed by atoms with Gasteiger partial charge in [-0.3, -0.25) is 19.7 Å². The number of aromatic nitrogens is 2. The van der Waals surface area contributed by atoms with Gasteiger partial charge in [0.1, 0.15) is 0 Å².